The molecular formula is C20H26O2. The average Bonchev–Trinajstić information content (AvgIpc) is 2.44. The van der Waals surface area contributed by atoms with Crippen molar-refractivity contribution in [2.45, 2.75) is 52.4 Å². The lowest BCUT2D eigenvalue weighted by atomic mass is 9.87. The van der Waals surface area contributed by atoms with E-state index in [1.54, 1.807) is 0 Å². The molecule has 0 radical (unpaired) electrons. The van der Waals surface area contributed by atoms with E-state index in [0.29, 0.717) is 11.5 Å². The Labute approximate surface area is 134 Å². The standard InChI is InChI=1S/C20H26O2/c1-19(2,3)15-7-11-17(12-8-15)21-22-18-13-9-16(10-14-18)20(4,5)6/h7-14H,1-6H3. The van der Waals surface area contributed by atoms with Gasteiger partial charge in [0.05, 0.1) is 0 Å². The molecule has 0 atom stereocenters. The van der Waals surface area contributed by atoms with E-state index in [9.17, 15) is 0 Å². The Hall–Kier alpha value is -1.96. The zero-order valence-electron chi connectivity index (χ0n) is 14.4. The minimum atomic E-state index is 0.141. The van der Waals surface area contributed by atoms with Crippen LogP contribution in [-0.2, 0) is 10.8 Å². The number of benzene rings is 2. The Morgan fingerprint density at radius 3 is 1.00 bits per heavy atom. The maximum Gasteiger partial charge on any atom is 0.178 e. The minimum absolute atomic E-state index is 0.141. The van der Waals surface area contributed by atoms with E-state index in [1.165, 1.54) is 11.1 Å². The van der Waals surface area contributed by atoms with Crippen LogP contribution in [0.15, 0.2) is 48.5 Å². The van der Waals surface area contributed by atoms with Crippen molar-refractivity contribution < 1.29 is 9.78 Å². The van der Waals surface area contributed by atoms with Gasteiger partial charge in [0.25, 0.3) is 0 Å². The Bertz CT molecular complexity index is 539. The van der Waals surface area contributed by atoms with Gasteiger partial charge in [-0.1, -0.05) is 65.8 Å². The van der Waals surface area contributed by atoms with Gasteiger partial charge in [-0.15, -0.1) is 0 Å². The molecule has 0 heterocycles. The summed E-state index contributed by atoms with van der Waals surface area (Å²) in [6.07, 6.45) is 0. The second-order valence-electron chi connectivity index (χ2n) is 7.72. The first-order chi connectivity index (χ1) is 10.2. The van der Waals surface area contributed by atoms with Crippen molar-refractivity contribution in [2.24, 2.45) is 0 Å². The number of hydrogen-bond donors (Lipinski definition) is 0. The van der Waals surface area contributed by atoms with E-state index >= 15 is 0 Å². The van der Waals surface area contributed by atoms with Gasteiger partial charge >= 0.3 is 0 Å². The molecule has 0 aliphatic heterocycles. The molecule has 0 aromatic heterocycles. The van der Waals surface area contributed by atoms with Crippen LogP contribution in [0.4, 0.5) is 0 Å². The molecule has 2 rings (SSSR count). The monoisotopic (exact) mass is 298 g/mol. The van der Waals surface area contributed by atoms with E-state index in [-0.39, 0.29) is 10.8 Å². The summed E-state index contributed by atoms with van der Waals surface area (Å²) >= 11 is 0. The van der Waals surface area contributed by atoms with Gasteiger partial charge in [0.2, 0.25) is 0 Å². The quantitative estimate of drug-likeness (QED) is 0.538. The van der Waals surface area contributed by atoms with Crippen LogP contribution >= 0.6 is 0 Å². The first-order valence-electron chi connectivity index (χ1n) is 7.72. The summed E-state index contributed by atoms with van der Waals surface area (Å²) < 4.78 is 0. The maximum absolute atomic E-state index is 5.39. The maximum atomic E-state index is 5.39. The lowest BCUT2D eigenvalue weighted by molar-refractivity contribution is -0.0999. The molecule has 0 amide bonds. The van der Waals surface area contributed by atoms with Gasteiger partial charge in [-0.05, 0) is 46.2 Å². The highest BCUT2D eigenvalue weighted by molar-refractivity contribution is 5.32. The summed E-state index contributed by atoms with van der Waals surface area (Å²) in [4.78, 5) is 10.8. The van der Waals surface area contributed by atoms with Gasteiger partial charge < -0.3 is 0 Å². The van der Waals surface area contributed by atoms with Crippen LogP contribution in [-0.4, -0.2) is 0 Å². The number of hydrogen-bond acceptors (Lipinski definition) is 2. The summed E-state index contributed by atoms with van der Waals surface area (Å²) in [5.74, 6) is 1.40. The van der Waals surface area contributed by atoms with Crippen molar-refractivity contribution in [1.82, 2.24) is 0 Å². The second-order valence-corrected chi connectivity index (χ2v) is 7.72. The SMILES string of the molecule is CC(C)(C)c1ccc(OOc2ccc(C(C)(C)C)cc2)cc1. The van der Waals surface area contributed by atoms with E-state index in [2.05, 4.69) is 65.8 Å². The molecule has 2 aromatic rings. The number of rotatable bonds is 3. The molecule has 2 nitrogen and oxygen atoms in total. The van der Waals surface area contributed by atoms with Gasteiger partial charge in [0.15, 0.2) is 11.5 Å². The highest BCUT2D eigenvalue weighted by Gasteiger charge is 2.14. The van der Waals surface area contributed by atoms with Gasteiger partial charge in [-0.3, -0.25) is 9.78 Å². The molecule has 0 aliphatic carbocycles. The molecule has 2 heteroatoms. The molecule has 0 unspecified atom stereocenters. The van der Waals surface area contributed by atoms with Crippen molar-refractivity contribution in [3.8, 4) is 11.5 Å². The molecule has 0 aliphatic rings. The fraction of sp³-hybridized carbons (Fsp3) is 0.400. The minimum Gasteiger partial charge on any atom is -0.290 e. The Morgan fingerprint density at radius 2 is 0.773 bits per heavy atom. The summed E-state index contributed by atoms with van der Waals surface area (Å²) in [6, 6.07) is 16.0. The molecule has 0 saturated carbocycles. The van der Waals surface area contributed by atoms with Gasteiger partial charge in [-0.25, -0.2) is 0 Å². The predicted octanol–water partition coefficient (Wildman–Crippen LogP) is 5.65. The summed E-state index contributed by atoms with van der Waals surface area (Å²) in [5, 5.41) is 0. The van der Waals surface area contributed by atoms with Crippen molar-refractivity contribution in [1.29, 1.82) is 0 Å². The Balaban J connectivity index is 1.98. The van der Waals surface area contributed by atoms with E-state index < -0.39 is 0 Å². The molecule has 118 valence electrons. The van der Waals surface area contributed by atoms with Crippen molar-refractivity contribution >= 4 is 0 Å². The highest BCUT2D eigenvalue weighted by Crippen LogP contribution is 2.26. The Kier molecular flexibility index (Phi) is 4.50. The second kappa shape index (κ2) is 6.04. The van der Waals surface area contributed by atoms with Gasteiger partial charge in [-0.2, -0.15) is 0 Å². The fourth-order valence-electron chi connectivity index (χ4n) is 2.12. The zero-order chi connectivity index (χ0) is 16.4. The molecule has 0 N–H and O–H groups in total. The van der Waals surface area contributed by atoms with E-state index in [0.717, 1.165) is 0 Å². The predicted molar refractivity (Wildman–Crippen MR) is 91.5 cm³/mol. The van der Waals surface area contributed by atoms with Crippen LogP contribution in [0.2, 0.25) is 0 Å². The third-order valence-electron chi connectivity index (χ3n) is 3.67. The summed E-state index contributed by atoms with van der Waals surface area (Å²) in [7, 11) is 0. The molecule has 0 saturated heterocycles. The Morgan fingerprint density at radius 1 is 0.500 bits per heavy atom. The van der Waals surface area contributed by atoms with Crippen molar-refractivity contribution in [2.75, 3.05) is 0 Å². The average molecular weight is 298 g/mol. The smallest absolute Gasteiger partial charge is 0.178 e. The molecule has 22 heavy (non-hydrogen) atoms. The normalized spacial score (nSPS) is 12.1. The van der Waals surface area contributed by atoms with Crippen LogP contribution in [0.3, 0.4) is 0 Å². The third-order valence-corrected chi connectivity index (χ3v) is 3.67. The largest absolute Gasteiger partial charge is 0.290 e. The van der Waals surface area contributed by atoms with Crippen LogP contribution in [0.1, 0.15) is 52.7 Å². The lowest BCUT2D eigenvalue weighted by Crippen LogP contribution is -2.11. The fourth-order valence-corrected chi connectivity index (χ4v) is 2.12. The third kappa shape index (κ3) is 4.27. The van der Waals surface area contributed by atoms with Crippen LogP contribution in [0.5, 0.6) is 11.5 Å². The topological polar surface area (TPSA) is 18.5 Å². The molecule has 0 bridgehead atoms. The van der Waals surface area contributed by atoms with Crippen LogP contribution in [0.25, 0.3) is 0 Å². The molecule has 0 fully saturated rings. The van der Waals surface area contributed by atoms with E-state index in [4.69, 9.17) is 9.78 Å². The first-order valence-corrected chi connectivity index (χ1v) is 7.72. The van der Waals surface area contributed by atoms with Crippen LogP contribution < -0.4 is 9.78 Å². The van der Waals surface area contributed by atoms with Gasteiger partial charge in [0, 0.05) is 0 Å². The summed E-state index contributed by atoms with van der Waals surface area (Å²) in [5.41, 5.74) is 2.83. The molecular weight excluding hydrogens is 272 g/mol. The van der Waals surface area contributed by atoms with Crippen molar-refractivity contribution in [3.63, 3.8) is 0 Å². The molecule has 0 spiro atoms. The summed E-state index contributed by atoms with van der Waals surface area (Å²) in [6.45, 7) is 13.1. The lowest BCUT2D eigenvalue weighted by Gasteiger charge is -2.19. The zero-order valence-corrected chi connectivity index (χ0v) is 14.4. The first kappa shape index (κ1) is 16.4. The van der Waals surface area contributed by atoms with E-state index in [1.807, 2.05) is 24.3 Å². The van der Waals surface area contributed by atoms with Crippen molar-refractivity contribution in [3.05, 3.63) is 59.7 Å². The van der Waals surface area contributed by atoms with Gasteiger partial charge in [0.1, 0.15) is 0 Å². The highest BCUT2D eigenvalue weighted by atomic mass is 17.2. The molecule has 2 aromatic carbocycles. The van der Waals surface area contributed by atoms with Crippen LogP contribution in [0, 0.1) is 0 Å².